The molecule has 1 atom stereocenters. The molecule has 7 heteroatoms. The van der Waals surface area contributed by atoms with Crippen molar-refractivity contribution in [3.63, 3.8) is 0 Å². The summed E-state index contributed by atoms with van der Waals surface area (Å²) in [6.45, 7) is 3.09. The second-order valence-corrected chi connectivity index (χ2v) is 7.19. The minimum Gasteiger partial charge on any atom is -0.345 e. The Bertz CT molecular complexity index is 562. The number of benzene rings is 1. The Kier molecular flexibility index (Phi) is 7.14. The molecule has 0 aliphatic carbocycles. The first-order chi connectivity index (χ1) is 11.7. The Morgan fingerprint density at radius 1 is 1.32 bits per heavy atom. The van der Waals surface area contributed by atoms with Crippen molar-refractivity contribution in [3.05, 3.63) is 34.9 Å². The monoisotopic (exact) mass is 376 g/mol. The number of hydrogen-bond acceptors (Lipinski definition) is 2. The second kappa shape index (κ2) is 8.90. The third-order valence-corrected chi connectivity index (χ3v) is 4.79. The molecule has 0 radical (unpaired) electrons. The van der Waals surface area contributed by atoms with E-state index >= 15 is 0 Å². The summed E-state index contributed by atoms with van der Waals surface area (Å²) in [5.41, 5.74) is 1.21. The Hall–Kier alpha value is -1.27. The minimum atomic E-state index is -4.44. The van der Waals surface area contributed by atoms with E-state index in [4.69, 9.17) is 11.6 Å². The van der Waals surface area contributed by atoms with E-state index < -0.39 is 18.5 Å². The lowest BCUT2D eigenvalue weighted by Gasteiger charge is -2.34. The molecule has 0 saturated carbocycles. The number of alkyl halides is 3. The average Bonchev–Trinajstić information content (AvgIpc) is 2.53. The first-order valence-corrected chi connectivity index (χ1v) is 8.88. The number of halogens is 4. The topological polar surface area (TPSA) is 23.6 Å². The molecule has 0 spiro atoms. The summed E-state index contributed by atoms with van der Waals surface area (Å²) in [5.74, 6) is -0.632. The quantitative estimate of drug-likeness (QED) is 0.749. The SMILES string of the molecule is CN(C[C@H]1CCCN(CCc2ccc(Cl)cc2)C1)C(=O)CC(F)(F)F. The smallest absolute Gasteiger partial charge is 0.345 e. The average molecular weight is 377 g/mol. The third kappa shape index (κ3) is 7.24. The Morgan fingerprint density at radius 2 is 2.00 bits per heavy atom. The Morgan fingerprint density at radius 3 is 2.64 bits per heavy atom. The number of likely N-dealkylation sites (tertiary alicyclic amines) is 1. The fraction of sp³-hybridized carbons (Fsp3) is 0.611. The van der Waals surface area contributed by atoms with Crippen LogP contribution in [0.5, 0.6) is 0 Å². The molecule has 1 aliphatic heterocycles. The van der Waals surface area contributed by atoms with Crippen LogP contribution in [0.3, 0.4) is 0 Å². The predicted molar refractivity (Wildman–Crippen MR) is 92.6 cm³/mol. The van der Waals surface area contributed by atoms with Crippen LogP contribution >= 0.6 is 11.6 Å². The van der Waals surface area contributed by atoms with Crippen molar-refractivity contribution >= 4 is 17.5 Å². The van der Waals surface area contributed by atoms with Crippen LogP contribution in [-0.4, -0.2) is 55.1 Å². The van der Waals surface area contributed by atoms with Gasteiger partial charge in [0.1, 0.15) is 6.42 Å². The zero-order valence-electron chi connectivity index (χ0n) is 14.4. The molecule has 0 bridgehead atoms. The molecular weight excluding hydrogens is 353 g/mol. The zero-order valence-corrected chi connectivity index (χ0v) is 15.1. The molecule has 2 rings (SSSR count). The molecule has 1 aromatic rings. The van der Waals surface area contributed by atoms with Gasteiger partial charge in [-0.2, -0.15) is 13.2 Å². The van der Waals surface area contributed by atoms with Crippen LogP contribution in [0, 0.1) is 5.92 Å². The van der Waals surface area contributed by atoms with E-state index in [0.29, 0.717) is 11.6 Å². The first-order valence-electron chi connectivity index (χ1n) is 8.50. The van der Waals surface area contributed by atoms with Gasteiger partial charge in [0.15, 0.2) is 0 Å². The maximum Gasteiger partial charge on any atom is 0.397 e. The number of rotatable bonds is 6. The van der Waals surface area contributed by atoms with Crippen molar-refractivity contribution in [2.45, 2.75) is 31.9 Å². The van der Waals surface area contributed by atoms with Gasteiger partial charge in [0.05, 0.1) is 0 Å². The zero-order chi connectivity index (χ0) is 18.4. The Balaban J connectivity index is 1.78. The van der Waals surface area contributed by atoms with Gasteiger partial charge in [-0.05, 0) is 49.4 Å². The highest BCUT2D eigenvalue weighted by atomic mass is 35.5. The van der Waals surface area contributed by atoms with Crippen molar-refractivity contribution in [1.29, 1.82) is 0 Å². The van der Waals surface area contributed by atoms with Crippen molar-refractivity contribution in [1.82, 2.24) is 9.80 Å². The standard InChI is InChI=1S/C18H24ClF3N2O/c1-23(17(25)11-18(20,21)22)12-15-3-2-9-24(13-15)10-8-14-4-6-16(19)7-5-14/h4-7,15H,2-3,8-13H2,1H3/t15-/m1/s1. The van der Waals surface area contributed by atoms with Gasteiger partial charge < -0.3 is 9.80 Å². The van der Waals surface area contributed by atoms with Crippen LogP contribution < -0.4 is 0 Å². The molecule has 1 aromatic carbocycles. The highest BCUT2D eigenvalue weighted by Crippen LogP contribution is 2.22. The van der Waals surface area contributed by atoms with E-state index in [9.17, 15) is 18.0 Å². The summed E-state index contributed by atoms with van der Waals surface area (Å²) in [6.07, 6.45) is -2.96. The second-order valence-electron chi connectivity index (χ2n) is 6.75. The van der Waals surface area contributed by atoms with Gasteiger partial charge >= 0.3 is 6.18 Å². The summed E-state index contributed by atoms with van der Waals surface area (Å²) < 4.78 is 37.0. The summed E-state index contributed by atoms with van der Waals surface area (Å²) in [5, 5.41) is 0.716. The van der Waals surface area contributed by atoms with E-state index in [1.54, 1.807) is 0 Å². The normalized spacial score (nSPS) is 19.0. The lowest BCUT2D eigenvalue weighted by atomic mass is 9.97. The summed E-state index contributed by atoms with van der Waals surface area (Å²) >= 11 is 5.88. The number of amides is 1. The fourth-order valence-corrected chi connectivity index (χ4v) is 3.36. The minimum absolute atomic E-state index is 0.223. The first kappa shape index (κ1) is 20.0. The summed E-state index contributed by atoms with van der Waals surface area (Å²) in [4.78, 5) is 15.2. The molecule has 3 nitrogen and oxygen atoms in total. The van der Waals surface area contributed by atoms with E-state index in [2.05, 4.69) is 4.90 Å². The van der Waals surface area contributed by atoms with E-state index in [1.807, 2.05) is 24.3 Å². The van der Waals surface area contributed by atoms with Crippen LogP contribution in [0.1, 0.15) is 24.8 Å². The van der Waals surface area contributed by atoms with Gasteiger partial charge in [-0.15, -0.1) is 0 Å². The number of hydrogen-bond donors (Lipinski definition) is 0. The number of nitrogens with zero attached hydrogens (tertiary/aromatic N) is 2. The van der Waals surface area contributed by atoms with Crippen molar-refractivity contribution in [3.8, 4) is 0 Å². The van der Waals surface area contributed by atoms with Gasteiger partial charge in [-0.25, -0.2) is 0 Å². The molecule has 1 aliphatic rings. The maximum atomic E-state index is 12.3. The van der Waals surface area contributed by atoms with E-state index in [1.165, 1.54) is 17.5 Å². The molecule has 1 fully saturated rings. The highest BCUT2D eigenvalue weighted by molar-refractivity contribution is 6.30. The number of carbonyl (C=O) groups excluding carboxylic acids is 1. The van der Waals surface area contributed by atoms with Crippen LogP contribution in [0.15, 0.2) is 24.3 Å². The largest absolute Gasteiger partial charge is 0.397 e. The molecule has 0 unspecified atom stereocenters. The molecule has 1 amide bonds. The molecule has 1 heterocycles. The van der Waals surface area contributed by atoms with Crippen LogP contribution in [0.2, 0.25) is 5.02 Å². The lowest BCUT2D eigenvalue weighted by molar-refractivity contribution is -0.161. The van der Waals surface area contributed by atoms with Crippen molar-refractivity contribution in [2.24, 2.45) is 5.92 Å². The van der Waals surface area contributed by atoms with Crippen molar-refractivity contribution < 1.29 is 18.0 Å². The summed E-state index contributed by atoms with van der Waals surface area (Å²) in [7, 11) is 1.46. The summed E-state index contributed by atoms with van der Waals surface area (Å²) in [6, 6.07) is 7.76. The third-order valence-electron chi connectivity index (χ3n) is 4.54. The van der Waals surface area contributed by atoms with Crippen LogP contribution in [0.25, 0.3) is 0 Å². The fourth-order valence-electron chi connectivity index (χ4n) is 3.24. The van der Waals surface area contributed by atoms with Gasteiger partial charge in [0, 0.05) is 31.7 Å². The van der Waals surface area contributed by atoms with Crippen LogP contribution in [0.4, 0.5) is 13.2 Å². The van der Waals surface area contributed by atoms with Gasteiger partial charge in [0.2, 0.25) is 5.91 Å². The molecule has 25 heavy (non-hydrogen) atoms. The Labute approximate surface area is 151 Å². The van der Waals surface area contributed by atoms with Gasteiger partial charge in [0.25, 0.3) is 0 Å². The molecule has 140 valence electrons. The number of piperidine rings is 1. The maximum absolute atomic E-state index is 12.3. The van der Waals surface area contributed by atoms with Gasteiger partial charge in [-0.3, -0.25) is 4.79 Å². The van der Waals surface area contributed by atoms with Crippen LogP contribution in [-0.2, 0) is 11.2 Å². The molecule has 1 saturated heterocycles. The molecule has 0 aromatic heterocycles. The van der Waals surface area contributed by atoms with E-state index in [-0.39, 0.29) is 5.92 Å². The number of carbonyl (C=O) groups is 1. The van der Waals surface area contributed by atoms with Gasteiger partial charge in [-0.1, -0.05) is 23.7 Å². The predicted octanol–water partition coefficient (Wildman–Crippen LogP) is 4.01. The lowest BCUT2D eigenvalue weighted by Crippen LogP contribution is -2.42. The van der Waals surface area contributed by atoms with E-state index in [0.717, 1.165) is 38.9 Å². The molecular formula is C18H24ClF3N2O. The van der Waals surface area contributed by atoms with Crippen molar-refractivity contribution in [2.75, 3.05) is 33.2 Å². The highest BCUT2D eigenvalue weighted by Gasteiger charge is 2.33. The molecule has 0 N–H and O–H groups in total.